The van der Waals surface area contributed by atoms with E-state index >= 15 is 0 Å². The van der Waals surface area contributed by atoms with Gasteiger partial charge in [0.25, 0.3) is 5.56 Å². The molecule has 0 bridgehead atoms. The number of carbonyl (C=O) groups is 1. The van der Waals surface area contributed by atoms with E-state index in [4.69, 9.17) is 4.74 Å². The zero-order valence-corrected chi connectivity index (χ0v) is 17.8. The molecule has 0 spiro atoms. The number of fused-ring (bicyclic) bond motifs is 1. The maximum Gasteiger partial charge on any atom is 0.262 e. The van der Waals surface area contributed by atoms with Crippen molar-refractivity contribution in [3.8, 4) is 5.75 Å². The Morgan fingerprint density at radius 3 is 2.55 bits per heavy atom. The van der Waals surface area contributed by atoms with Crippen molar-refractivity contribution in [3.05, 3.63) is 64.4 Å². The minimum Gasteiger partial charge on any atom is -0.497 e. The van der Waals surface area contributed by atoms with Crippen LogP contribution in [0.4, 0.5) is 0 Å². The zero-order valence-electron chi connectivity index (χ0n) is 17.0. The predicted molar refractivity (Wildman–Crippen MR) is 116 cm³/mol. The molecule has 0 atom stereocenters. The van der Waals surface area contributed by atoms with Crippen molar-refractivity contribution < 1.29 is 14.4 Å². The summed E-state index contributed by atoms with van der Waals surface area (Å²) < 4.78 is 6.84. The summed E-state index contributed by atoms with van der Waals surface area (Å²) in [7, 11) is 5.77. The monoisotopic (exact) mass is 412 g/mol. The molecule has 0 aliphatic heterocycles. The van der Waals surface area contributed by atoms with Crippen molar-refractivity contribution in [1.29, 1.82) is 0 Å². The molecule has 7 heteroatoms. The van der Waals surface area contributed by atoms with Gasteiger partial charge in [-0.1, -0.05) is 23.9 Å². The molecule has 2 aromatic carbocycles. The summed E-state index contributed by atoms with van der Waals surface area (Å²) in [5.41, 5.74) is 1.22. The van der Waals surface area contributed by atoms with Crippen molar-refractivity contribution >= 4 is 28.4 Å². The molecule has 29 heavy (non-hydrogen) atoms. The van der Waals surface area contributed by atoms with Crippen LogP contribution in [0.1, 0.15) is 16.8 Å². The van der Waals surface area contributed by atoms with Gasteiger partial charge in [-0.3, -0.25) is 14.2 Å². The van der Waals surface area contributed by atoms with Gasteiger partial charge in [-0.05, 0) is 36.4 Å². The van der Waals surface area contributed by atoms with Gasteiger partial charge in [0, 0.05) is 18.5 Å². The van der Waals surface area contributed by atoms with Gasteiger partial charge in [0.05, 0.1) is 44.4 Å². The Labute approximate surface area is 174 Å². The molecular weight excluding hydrogens is 386 g/mol. The normalized spacial score (nSPS) is 11.2. The molecule has 0 aliphatic rings. The number of methoxy groups -OCH3 is 1. The van der Waals surface area contributed by atoms with Crippen LogP contribution in [0, 0.1) is 0 Å². The Morgan fingerprint density at radius 2 is 1.86 bits per heavy atom. The Balaban J connectivity index is 1.83. The van der Waals surface area contributed by atoms with Crippen LogP contribution in [-0.2, 0) is 6.54 Å². The van der Waals surface area contributed by atoms with Crippen LogP contribution in [0.15, 0.2) is 58.5 Å². The maximum absolute atomic E-state index is 13.0. The third-order valence-corrected chi connectivity index (χ3v) is 5.61. The number of ketones is 1. The second-order valence-electron chi connectivity index (χ2n) is 7.12. The number of benzene rings is 2. The van der Waals surface area contributed by atoms with E-state index in [1.807, 2.05) is 18.2 Å². The fourth-order valence-corrected chi connectivity index (χ4v) is 3.96. The first-order chi connectivity index (χ1) is 14.0. The summed E-state index contributed by atoms with van der Waals surface area (Å²) in [6, 6.07) is 14.4. The zero-order chi connectivity index (χ0) is 20.8. The minimum absolute atomic E-state index is 0.00986. The van der Waals surface area contributed by atoms with E-state index in [-0.39, 0.29) is 17.1 Å². The van der Waals surface area contributed by atoms with Gasteiger partial charge < -0.3 is 9.64 Å². The lowest BCUT2D eigenvalue weighted by Crippen LogP contribution is -3.05. The molecule has 0 saturated heterocycles. The Morgan fingerprint density at radius 1 is 1.14 bits per heavy atom. The van der Waals surface area contributed by atoms with Gasteiger partial charge in [-0.2, -0.15) is 0 Å². The van der Waals surface area contributed by atoms with Crippen LogP contribution in [0.5, 0.6) is 5.75 Å². The van der Waals surface area contributed by atoms with Crippen molar-refractivity contribution in [3.63, 3.8) is 0 Å². The molecule has 1 aromatic heterocycles. The molecule has 6 nitrogen and oxygen atoms in total. The number of nitrogens with zero attached hydrogens (tertiary/aromatic N) is 2. The van der Waals surface area contributed by atoms with Crippen LogP contribution in [0.2, 0.25) is 0 Å². The summed E-state index contributed by atoms with van der Waals surface area (Å²) in [5.74, 6) is 0.919. The summed E-state index contributed by atoms with van der Waals surface area (Å²) in [5, 5.41) is 1.19. The molecule has 1 heterocycles. The summed E-state index contributed by atoms with van der Waals surface area (Å²) >= 11 is 1.31. The molecule has 0 unspecified atom stereocenters. The number of hydrogen-bond acceptors (Lipinski definition) is 5. The first-order valence-electron chi connectivity index (χ1n) is 9.58. The molecule has 0 aliphatic carbocycles. The van der Waals surface area contributed by atoms with Crippen LogP contribution >= 0.6 is 11.8 Å². The highest BCUT2D eigenvalue weighted by atomic mass is 32.2. The summed E-state index contributed by atoms with van der Waals surface area (Å²) in [6.07, 6.45) is 0.863. The van der Waals surface area contributed by atoms with E-state index in [0.717, 1.165) is 13.0 Å². The number of para-hydroxylation sites is 1. The van der Waals surface area contributed by atoms with Crippen LogP contribution in [0.25, 0.3) is 10.9 Å². The van der Waals surface area contributed by atoms with Crippen LogP contribution in [-0.4, -0.2) is 48.8 Å². The van der Waals surface area contributed by atoms with Crippen molar-refractivity contribution in [2.24, 2.45) is 0 Å². The molecule has 152 valence electrons. The van der Waals surface area contributed by atoms with Gasteiger partial charge >= 0.3 is 0 Å². The minimum atomic E-state index is -0.0521. The van der Waals surface area contributed by atoms with Crippen molar-refractivity contribution in [2.75, 3.05) is 33.5 Å². The van der Waals surface area contributed by atoms with E-state index in [0.29, 0.717) is 33.9 Å². The largest absolute Gasteiger partial charge is 0.497 e. The lowest BCUT2D eigenvalue weighted by atomic mass is 10.1. The average molecular weight is 413 g/mol. The third-order valence-electron chi connectivity index (χ3n) is 4.63. The van der Waals surface area contributed by atoms with Gasteiger partial charge in [0.2, 0.25) is 0 Å². The average Bonchev–Trinajstić information content (AvgIpc) is 2.73. The van der Waals surface area contributed by atoms with Gasteiger partial charge in [0.15, 0.2) is 10.9 Å². The Hall–Kier alpha value is -2.64. The number of aromatic nitrogens is 2. The van der Waals surface area contributed by atoms with Gasteiger partial charge in [-0.25, -0.2) is 4.98 Å². The molecule has 0 amide bonds. The fourth-order valence-electron chi connectivity index (χ4n) is 3.04. The van der Waals surface area contributed by atoms with E-state index in [2.05, 4.69) is 19.1 Å². The number of Topliss-reactive ketones (excluding diaryl/α,β-unsaturated/α-hetero) is 1. The second-order valence-corrected chi connectivity index (χ2v) is 8.06. The van der Waals surface area contributed by atoms with Gasteiger partial charge in [-0.15, -0.1) is 0 Å². The highest BCUT2D eigenvalue weighted by Crippen LogP contribution is 2.20. The van der Waals surface area contributed by atoms with E-state index in [1.54, 1.807) is 42.0 Å². The highest BCUT2D eigenvalue weighted by molar-refractivity contribution is 7.99. The second kappa shape index (κ2) is 9.71. The number of carbonyl (C=O) groups excluding carboxylic acids is 1. The van der Waals surface area contributed by atoms with Crippen LogP contribution < -0.4 is 15.2 Å². The quantitative estimate of drug-likeness (QED) is 0.330. The number of ether oxygens (including phenoxy) is 1. The number of rotatable bonds is 9. The smallest absolute Gasteiger partial charge is 0.262 e. The van der Waals surface area contributed by atoms with E-state index in [9.17, 15) is 9.59 Å². The van der Waals surface area contributed by atoms with Crippen molar-refractivity contribution in [1.82, 2.24) is 9.55 Å². The number of hydrogen-bond donors (Lipinski definition) is 1. The van der Waals surface area contributed by atoms with Gasteiger partial charge in [0.1, 0.15) is 5.75 Å². The molecule has 1 N–H and O–H groups in total. The molecular formula is C22H26N3O3S+. The van der Waals surface area contributed by atoms with E-state index in [1.165, 1.54) is 16.7 Å². The maximum atomic E-state index is 13.0. The lowest BCUT2D eigenvalue weighted by molar-refractivity contribution is -0.858. The molecule has 3 aromatic rings. The molecule has 0 saturated carbocycles. The molecule has 0 fully saturated rings. The topological polar surface area (TPSA) is 65.6 Å². The van der Waals surface area contributed by atoms with Crippen LogP contribution in [0.3, 0.4) is 0 Å². The lowest BCUT2D eigenvalue weighted by Gasteiger charge is -2.14. The summed E-state index contributed by atoms with van der Waals surface area (Å²) in [6.45, 7) is 1.54. The number of thioether (sulfide) groups is 1. The third kappa shape index (κ3) is 5.25. The fraction of sp³-hybridized carbons (Fsp3) is 0.318. The molecule has 3 rings (SSSR count). The molecule has 0 radical (unpaired) electrons. The predicted octanol–water partition coefficient (Wildman–Crippen LogP) is 1.91. The SMILES string of the molecule is COc1ccc(C(=O)CSc2nc3ccccc3c(=O)n2CCC[NH+](C)C)cc1. The van der Waals surface area contributed by atoms with Crippen molar-refractivity contribution in [2.45, 2.75) is 18.1 Å². The summed E-state index contributed by atoms with van der Waals surface area (Å²) in [4.78, 5) is 31.6. The first-order valence-corrected chi connectivity index (χ1v) is 10.6. The van der Waals surface area contributed by atoms with E-state index < -0.39 is 0 Å². The Bertz CT molecular complexity index is 1050. The first kappa shape index (κ1) is 21.1. The standard InChI is InChI=1S/C22H25N3O3S/c1-24(2)13-6-14-25-21(27)18-7-4-5-8-19(18)23-22(25)29-15-20(26)16-9-11-17(28-3)12-10-16/h4-5,7-12H,6,13-15H2,1-3H3/p+1. The number of nitrogens with one attached hydrogen (secondary N) is 1. The number of quaternary nitrogens is 1. The highest BCUT2D eigenvalue weighted by Gasteiger charge is 2.14. The Kier molecular flexibility index (Phi) is 7.06.